The lowest BCUT2D eigenvalue weighted by atomic mass is 10.2. The molecule has 0 bridgehead atoms. The van der Waals surface area contributed by atoms with Crippen LogP contribution in [0, 0.1) is 0 Å². The molecule has 5 nitrogen and oxygen atoms in total. The first-order valence-electron chi connectivity index (χ1n) is 7.24. The highest BCUT2D eigenvalue weighted by Crippen LogP contribution is 2.18. The van der Waals surface area contributed by atoms with Gasteiger partial charge in [-0.1, -0.05) is 18.2 Å². The van der Waals surface area contributed by atoms with Crippen LogP contribution in [0.4, 0.5) is 4.79 Å². The minimum atomic E-state index is -0.106. The molecule has 0 aromatic heterocycles. The van der Waals surface area contributed by atoms with Crippen LogP contribution in [0.2, 0.25) is 0 Å². The number of hydrogen-bond acceptors (Lipinski definition) is 3. The van der Waals surface area contributed by atoms with Crippen molar-refractivity contribution in [2.24, 2.45) is 0 Å². The summed E-state index contributed by atoms with van der Waals surface area (Å²) in [6.07, 6.45) is 6.78. The Morgan fingerprint density at radius 1 is 1.29 bits per heavy atom. The van der Waals surface area contributed by atoms with Crippen molar-refractivity contribution in [3.8, 4) is 11.5 Å². The molecule has 0 radical (unpaired) electrons. The predicted octanol–water partition coefficient (Wildman–Crippen LogP) is 2.48. The first kappa shape index (κ1) is 15.2. The third-order valence-corrected chi connectivity index (χ3v) is 3.26. The van der Waals surface area contributed by atoms with E-state index in [4.69, 9.17) is 9.47 Å². The summed E-state index contributed by atoms with van der Waals surface area (Å²) in [5.74, 6) is 1.55. The number of carbonyl (C=O) groups excluding carboxylic acids is 1. The van der Waals surface area contributed by atoms with Gasteiger partial charge in [0.1, 0.15) is 11.5 Å². The highest BCUT2D eigenvalue weighted by Gasteiger charge is 2.12. The quantitative estimate of drug-likeness (QED) is 0.599. The monoisotopic (exact) mass is 290 g/mol. The zero-order chi connectivity index (χ0) is 14.9. The lowest BCUT2D eigenvalue weighted by molar-refractivity contribution is 0.235. The Kier molecular flexibility index (Phi) is 5.94. The van der Waals surface area contributed by atoms with Gasteiger partial charge in [-0.05, 0) is 31.4 Å². The van der Waals surface area contributed by atoms with Crippen LogP contribution in [0.5, 0.6) is 11.5 Å². The van der Waals surface area contributed by atoms with Crippen molar-refractivity contribution in [2.45, 2.75) is 25.3 Å². The van der Waals surface area contributed by atoms with Gasteiger partial charge >= 0.3 is 6.03 Å². The molecule has 0 saturated heterocycles. The van der Waals surface area contributed by atoms with Gasteiger partial charge in [0.05, 0.1) is 13.7 Å². The van der Waals surface area contributed by atoms with Crippen LogP contribution in [0.1, 0.15) is 19.3 Å². The average molecular weight is 290 g/mol. The fourth-order valence-corrected chi connectivity index (χ4v) is 2.13. The van der Waals surface area contributed by atoms with E-state index in [2.05, 4.69) is 22.8 Å². The van der Waals surface area contributed by atoms with Crippen LogP contribution >= 0.6 is 0 Å². The molecule has 0 saturated carbocycles. The number of amides is 2. The highest BCUT2D eigenvalue weighted by molar-refractivity contribution is 5.74. The smallest absolute Gasteiger partial charge is 0.315 e. The molecule has 0 fully saturated rings. The van der Waals surface area contributed by atoms with Crippen molar-refractivity contribution in [3.63, 3.8) is 0 Å². The van der Waals surface area contributed by atoms with Gasteiger partial charge in [0.15, 0.2) is 0 Å². The lowest BCUT2D eigenvalue weighted by Crippen LogP contribution is -2.41. The van der Waals surface area contributed by atoms with Gasteiger partial charge in [-0.15, -0.1) is 0 Å². The van der Waals surface area contributed by atoms with E-state index < -0.39 is 0 Å². The number of benzene rings is 1. The summed E-state index contributed by atoms with van der Waals surface area (Å²) in [5, 5.41) is 5.77. The maximum atomic E-state index is 11.6. The van der Waals surface area contributed by atoms with Crippen molar-refractivity contribution in [3.05, 3.63) is 36.4 Å². The standard InChI is InChI=1S/C16H22N2O3/c1-20-14-8-4-9-15(12-14)21-11-5-10-17-16(19)18-13-6-2-3-7-13/h2-4,8-9,12-13H,5-7,10-11H2,1H3,(H2,17,18,19). The third-order valence-electron chi connectivity index (χ3n) is 3.26. The van der Waals surface area contributed by atoms with E-state index in [1.54, 1.807) is 7.11 Å². The van der Waals surface area contributed by atoms with Crippen molar-refractivity contribution in [2.75, 3.05) is 20.3 Å². The highest BCUT2D eigenvalue weighted by atomic mass is 16.5. The maximum Gasteiger partial charge on any atom is 0.315 e. The Balaban J connectivity index is 1.55. The summed E-state index contributed by atoms with van der Waals surface area (Å²) in [6.45, 7) is 1.15. The average Bonchev–Trinajstić information content (AvgIpc) is 3.00. The van der Waals surface area contributed by atoms with Gasteiger partial charge in [-0.3, -0.25) is 0 Å². The summed E-state index contributed by atoms with van der Waals surface area (Å²) >= 11 is 0. The number of hydrogen-bond donors (Lipinski definition) is 2. The molecule has 1 aliphatic carbocycles. The van der Waals surface area contributed by atoms with Crippen LogP contribution in [-0.2, 0) is 0 Å². The Morgan fingerprint density at radius 2 is 2.05 bits per heavy atom. The Labute approximate surface area is 125 Å². The summed E-state index contributed by atoms with van der Waals surface area (Å²) in [6, 6.07) is 7.62. The van der Waals surface area contributed by atoms with Gasteiger partial charge in [0.25, 0.3) is 0 Å². The summed E-state index contributed by atoms with van der Waals surface area (Å²) in [4.78, 5) is 11.6. The van der Waals surface area contributed by atoms with Gasteiger partial charge in [0, 0.05) is 18.7 Å². The number of carbonyl (C=O) groups is 1. The topological polar surface area (TPSA) is 59.6 Å². The molecule has 0 spiro atoms. The molecule has 114 valence electrons. The van der Waals surface area contributed by atoms with Gasteiger partial charge in [-0.2, -0.15) is 0 Å². The van der Waals surface area contributed by atoms with Crippen LogP contribution in [-0.4, -0.2) is 32.3 Å². The van der Waals surface area contributed by atoms with E-state index in [1.807, 2.05) is 24.3 Å². The Morgan fingerprint density at radius 3 is 2.81 bits per heavy atom. The largest absolute Gasteiger partial charge is 0.497 e. The molecule has 0 unspecified atom stereocenters. The van der Waals surface area contributed by atoms with E-state index in [1.165, 1.54) is 0 Å². The molecule has 0 aliphatic heterocycles. The van der Waals surface area contributed by atoms with Gasteiger partial charge in [0.2, 0.25) is 0 Å². The molecule has 0 heterocycles. The van der Waals surface area contributed by atoms with Gasteiger partial charge < -0.3 is 20.1 Å². The summed E-state index contributed by atoms with van der Waals surface area (Å²) in [7, 11) is 1.63. The molecule has 2 rings (SSSR count). The molecule has 0 atom stereocenters. The number of nitrogens with one attached hydrogen (secondary N) is 2. The zero-order valence-corrected chi connectivity index (χ0v) is 12.3. The van der Waals surface area contributed by atoms with E-state index in [-0.39, 0.29) is 12.1 Å². The van der Waals surface area contributed by atoms with Crippen molar-refractivity contribution in [1.29, 1.82) is 0 Å². The first-order chi connectivity index (χ1) is 10.3. The lowest BCUT2D eigenvalue weighted by Gasteiger charge is -2.13. The molecular formula is C16H22N2O3. The zero-order valence-electron chi connectivity index (χ0n) is 12.3. The van der Waals surface area contributed by atoms with Crippen LogP contribution in [0.15, 0.2) is 36.4 Å². The fraction of sp³-hybridized carbons (Fsp3) is 0.438. The van der Waals surface area contributed by atoms with Gasteiger partial charge in [-0.25, -0.2) is 4.79 Å². The first-order valence-corrected chi connectivity index (χ1v) is 7.24. The number of urea groups is 1. The normalized spacial score (nSPS) is 14.0. The molecule has 5 heteroatoms. The third kappa shape index (κ3) is 5.38. The number of ether oxygens (including phenoxy) is 2. The molecule has 1 aliphatic rings. The van der Waals surface area contributed by atoms with Crippen LogP contribution in [0.3, 0.4) is 0 Å². The summed E-state index contributed by atoms with van der Waals surface area (Å²) < 4.78 is 10.7. The van der Waals surface area contributed by atoms with E-state index >= 15 is 0 Å². The SMILES string of the molecule is COc1cccc(OCCCNC(=O)NC2CC=CC2)c1. The number of rotatable bonds is 7. The van der Waals surface area contributed by atoms with Crippen LogP contribution in [0.25, 0.3) is 0 Å². The van der Waals surface area contributed by atoms with Crippen LogP contribution < -0.4 is 20.1 Å². The Hall–Kier alpha value is -2.17. The Bertz CT molecular complexity index is 480. The minimum Gasteiger partial charge on any atom is -0.497 e. The molecule has 2 amide bonds. The molecule has 21 heavy (non-hydrogen) atoms. The van der Waals surface area contributed by atoms with Crippen molar-refractivity contribution in [1.82, 2.24) is 10.6 Å². The second-order valence-corrected chi connectivity index (χ2v) is 4.92. The molecular weight excluding hydrogens is 268 g/mol. The molecule has 1 aromatic carbocycles. The van der Waals surface area contributed by atoms with Crippen molar-refractivity contribution < 1.29 is 14.3 Å². The minimum absolute atomic E-state index is 0.106. The maximum absolute atomic E-state index is 11.6. The molecule has 2 N–H and O–H groups in total. The summed E-state index contributed by atoms with van der Waals surface area (Å²) in [5.41, 5.74) is 0. The molecule has 1 aromatic rings. The van der Waals surface area contributed by atoms with E-state index in [0.717, 1.165) is 30.8 Å². The van der Waals surface area contributed by atoms with E-state index in [9.17, 15) is 4.79 Å². The fourth-order valence-electron chi connectivity index (χ4n) is 2.13. The second kappa shape index (κ2) is 8.19. The number of methoxy groups -OCH3 is 1. The predicted molar refractivity (Wildman–Crippen MR) is 81.8 cm³/mol. The second-order valence-electron chi connectivity index (χ2n) is 4.92. The van der Waals surface area contributed by atoms with Crippen molar-refractivity contribution >= 4 is 6.03 Å². The van der Waals surface area contributed by atoms with E-state index in [0.29, 0.717) is 13.2 Å².